The summed E-state index contributed by atoms with van der Waals surface area (Å²) < 4.78 is 26.1. The van der Waals surface area contributed by atoms with Crippen LogP contribution in [0.3, 0.4) is 0 Å². The molecular weight excluding hydrogens is 334 g/mol. The fraction of sp³-hybridized carbons (Fsp3) is 0.417. The van der Waals surface area contributed by atoms with E-state index in [1.54, 1.807) is 19.9 Å². The fourth-order valence-electron chi connectivity index (χ4n) is 1.85. The highest BCUT2D eigenvalue weighted by Gasteiger charge is 2.43. The minimum atomic E-state index is -3.80. The van der Waals surface area contributed by atoms with E-state index in [1.807, 2.05) is 0 Å². The van der Waals surface area contributed by atoms with Gasteiger partial charge in [0.25, 0.3) is 15.9 Å². The monoisotopic (exact) mass is 347 g/mol. The van der Waals surface area contributed by atoms with Crippen molar-refractivity contribution in [3.63, 3.8) is 0 Å². The molecular formula is C12H14BrNO4S. The number of nitrogens with zero attached hydrogens (tertiary/aromatic N) is 1. The highest BCUT2D eigenvalue weighted by atomic mass is 79.9. The Balaban J connectivity index is 2.49. The Morgan fingerprint density at radius 2 is 2.00 bits per heavy atom. The average Bonchev–Trinajstić information content (AvgIpc) is 2.50. The third kappa shape index (κ3) is 2.42. The minimum absolute atomic E-state index is 0.0226. The Bertz CT molecular complexity index is 639. The number of carbonyl (C=O) groups is 1. The first-order chi connectivity index (χ1) is 8.69. The molecule has 0 unspecified atom stereocenters. The summed E-state index contributed by atoms with van der Waals surface area (Å²) in [6, 6.07) is 4.50. The van der Waals surface area contributed by atoms with Gasteiger partial charge in [0.1, 0.15) is 4.90 Å². The van der Waals surface area contributed by atoms with Crippen LogP contribution < -0.4 is 0 Å². The Hall–Kier alpha value is -0.920. The summed E-state index contributed by atoms with van der Waals surface area (Å²) in [5.74, 6) is -0.544. The van der Waals surface area contributed by atoms with Gasteiger partial charge in [0.2, 0.25) is 0 Å². The van der Waals surface area contributed by atoms with Gasteiger partial charge in [0, 0.05) is 23.0 Å². The van der Waals surface area contributed by atoms with Gasteiger partial charge >= 0.3 is 0 Å². The average molecular weight is 348 g/mol. The standard InChI is InChI=1S/C12H14BrNO4S/c1-12(2,7-15)6-14-11(16)9-5-8(13)3-4-10(9)19(14,17)18/h3-5,15H,6-7H2,1-2H3. The predicted octanol–water partition coefficient (Wildman–Crippen LogP) is 1.61. The Morgan fingerprint density at radius 1 is 1.37 bits per heavy atom. The molecule has 0 saturated heterocycles. The summed E-state index contributed by atoms with van der Waals surface area (Å²) in [5.41, 5.74) is -0.509. The van der Waals surface area contributed by atoms with Crippen molar-refractivity contribution in [2.24, 2.45) is 5.41 Å². The maximum atomic E-state index is 12.3. The van der Waals surface area contributed by atoms with Gasteiger partial charge in [0.05, 0.1) is 5.56 Å². The number of rotatable bonds is 3. The molecule has 0 radical (unpaired) electrons. The van der Waals surface area contributed by atoms with E-state index in [9.17, 15) is 18.3 Å². The van der Waals surface area contributed by atoms with Crippen LogP contribution in [0.25, 0.3) is 0 Å². The molecule has 2 rings (SSSR count). The molecule has 1 aromatic rings. The number of amides is 1. The zero-order valence-corrected chi connectivity index (χ0v) is 13.0. The molecule has 1 heterocycles. The van der Waals surface area contributed by atoms with Crippen LogP contribution in [0.15, 0.2) is 27.6 Å². The highest BCUT2D eigenvalue weighted by Crippen LogP contribution is 2.34. The SMILES string of the molecule is CC(C)(CO)CN1C(=O)c2cc(Br)ccc2S1(=O)=O. The van der Waals surface area contributed by atoms with Crippen LogP contribution in [0.4, 0.5) is 0 Å². The smallest absolute Gasteiger partial charge is 0.269 e. The number of aliphatic hydroxyl groups excluding tert-OH is 1. The van der Waals surface area contributed by atoms with Gasteiger partial charge in [-0.1, -0.05) is 29.8 Å². The molecule has 5 nitrogen and oxygen atoms in total. The van der Waals surface area contributed by atoms with Crippen LogP contribution in [-0.4, -0.2) is 36.9 Å². The van der Waals surface area contributed by atoms with E-state index in [1.165, 1.54) is 12.1 Å². The molecule has 104 valence electrons. The molecule has 0 aliphatic carbocycles. The summed E-state index contributed by atoms with van der Waals surface area (Å²) in [5, 5.41) is 9.23. The topological polar surface area (TPSA) is 74.7 Å². The van der Waals surface area contributed by atoms with Crippen molar-refractivity contribution in [1.82, 2.24) is 4.31 Å². The molecule has 7 heteroatoms. The van der Waals surface area contributed by atoms with E-state index in [2.05, 4.69) is 15.9 Å². The van der Waals surface area contributed by atoms with Gasteiger partial charge in [-0.05, 0) is 18.2 Å². The molecule has 0 fully saturated rings. The van der Waals surface area contributed by atoms with E-state index < -0.39 is 21.3 Å². The maximum absolute atomic E-state index is 12.3. The molecule has 19 heavy (non-hydrogen) atoms. The zero-order chi connectivity index (χ0) is 14.4. The minimum Gasteiger partial charge on any atom is -0.396 e. The molecule has 0 spiro atoms. The third-order valence-electron chi connectivity index (χ3n) is 2.97. The number of benzene rings is 1. The van der Waals surface area contributed by atoms with Crippen molar-refractivity contribution in [2.45, 2.75) is 18.7 Å². The van der Waals surface area contributed by atoms with E-state index >= 15 is 0 Å². The summed E-state index contributed by atoms with van der Waals surface area (Å²) in [7, 11) is -3.80. The number of hydrogen-bond donors (Lipinski definition) is 1. The van der Waals surface area contributed by atoms with Crippen LogP contribution >= 0.6 is 15.9 Å². The predicted molar refractivity (Wildman–Crippen MR) is 73.2 cm³/mol. The normalized spacial score (nSPS) is 17.7. The lowest BCUT2D eigenvalue weighted by Gasteiger charge is -2.27. The van der Waals surface area contributed by atoms with Crippen molar-refractivity contribution >= 4 is 31.9 Å². The maximum Gasteiger partial charge on any atom is 0.269 e. The van der Waals surface area contributed by atoms with E-state index in [-0.39, 0.29) is 23.6 Å². The van der Waals surface area contributed by atoms with Crippen molar-refractivity contribution in [1.29, 1.82) is 0 Å². The lowest BCUT2D eigenvalue weighted by Crippen LogP contribution is -2.40. The number of hydrogen-bond acceptors (Lipinski definition) is 4. The van der Waals surface area contributed by atoms with Crippen molar-refractivity contribution < 1.29 is 18.3 Å². The van der Waals surface area contributed by atoms with Gasteiger partial charge in [-0.2, -0.15) is 0 Å². The van der Waals surface area contributed by atoms with E-state index in [4.69, 9.17) is 0 Å². The molecule has 0 bridgehead atoms. The van der Waals surface area contributed by atoms with Crippen LogP contribution in [0.1, 0.15) is 24.2 Å². The molecule has 1 aromatic carbocycles. The van der Waals surface area contributed by atoms with Gasteiger partial charge in [-0.25, -0.2) is 12.7 Å². The van der Waals surface area contributed by atoms with Crippen LogP contribution in [0.5, 0.6) is 0 Å². The van der Waals surface area contributed by atoms with Gasteiger partial charge < -0.3 is 5.11 Å². The number of carbonyl (C=O) groups excluding carboxylic acids is 1. The summed E-state index contributed by atoms with van der Waals surface area (Å²) in [6.45, 7) is 3.16. The summed E-state index contributed by atoms with van der Waals surface area (Å²) in [6.07, 6.45) is 0. The van der Waals surface area contributed by atoms with Gasteiger partial charge in [0.15, 0.2) is 0 Å². The van der Waals surface area contributed by atoms with Crippen LogP contribution in [-0.2, 0) is 10.0 Å². The van der Waals surface area contributed by atoms with E-state index in [0.29, 0.717) is 4.47 Å². The molecule has 1 aliphatic rings. The van der Waals surface area contributed by atoms with Crippen molar-refractivity contribution in [3.05, 3.63) is 28.2 Å². The van der Waals surface area contributed by atoms with Crippen molar-refractivity contribution in [2.75, 3.05) is 13.2 Å². The number of sulfonamides is 1. The Labute approximate surface area is 120 Å². The van der Waals surface area contributed by atoms with Gasteiger partial charge in [-0.15, -0.1) is 0 Å². The molecule has 0 saturated carbocycles. The first-order valence-electron chi connectivity index (χ1n) is 5.66. The molecule has 0 atom stereocenters. The quantitative estimate of drug-likeness (QED) is 0.901. The highest BCUT2D eigenvalue weighted by molar-refractivity contribution is 9.10. The second-order valence-corrected chi connectivity index (χ2v) is 8.03. The van der Waals surface area contributed by atoms with Gasteiger partial charge in [-0.3, -0.25) is 4.79 Å². The lowest BCUT2D eigenvalue weighted by molar-refractivity contribution is 0.0781. The van der Waals surface area contributed by atoms with E-state index in [0.717, 1.165) is 4.31 Å². The first-order valence-corrected chi connectivity index (χ1v) is 7.90. The second-order valence-electron chi connectivity index (χ2n) is 5.28. The number of halogens is 1. The molecule has 0 aromatic heterocycles. The lowest BCUT2D eigenvalue weighted by atomic mass is 9.95. The Morgan fingerprint density at radius 3 is 2.58 bits per heavy atom. The van der Waals surface area contributed by atoms with Crippen molar-refractivity contribution in [3.8, 4) is 0 Å². The molecule has 1 amide bonds. The number of aliphatic hydroxyl groups is 1. The molecule has 1 aliphatic heterocycles. The third-order valence-corrected chi connectivity index (χ3v) is 5.25. The number of fused-ring (bicyclic) bond motifs is 1. The van der Waals surface area contributed by atoms with Crippen LogP contribution in [0, 0.1) is 5.41 Å². The van der Waals surface area contributed by atoms with Crippen LogP contribution in [0.2, 0.25) is 0 Å². The summed E-state index contributed by atoms with van der Waals surface area (Å²) in [4.78, 5) is 12.2. The largest absolute Gasteiger partial charge is 0.396 e. The summed E-state index contributed by atoms with van der Waals surface area (Å²) >= 11 is 3.22. The fourth-order valence-corrected chi connectivity index (χ4v) is 3.95. The zero-order valence-electron chi connectivity index (χ0n) is 10.6. The Kier molecular flexibility index (Phi) is 3.49. The first kappa shape index (κ1) is 14.5. The second kappa shape index (κ2) is 4.57. The molecule has 1 N–H and O–H groups in total.